The van der Waals surface area contributed by atoms with Crippen LogP contribution in [-0.2, 0) is 6.54 Å². The van der Waals surface area contributed by atoms with Crippen molar-refractivity contribution in [1.82, 2.24) is 4.90 Å². The van der Waals surface area contributed by atoms with Crippen LogP contribution in [0.2, 0.25) is 0 Å². The SMILES string of the molecule is CC(C)CCN(CCC(C)C)C(=O)c1ccc(CN)cc1.Cl. The van der Waals surface area contributed by atoms with Gasteiger partial charge in [-0.25, -0.2) is 0 Å². The van der Waals surface area contributed by atoms with E-state index >= 15 is 0 Å². The highest BCUT2D eigenvalue weighted by molar-refractivity contribution is 5.94. The van der Waals surface area contributed by atoms with Gasteiger partial charge >= 0.3 is 0 Å². The van der Waals surface area contributed by atoms with Crippen LogP contribution in [0.1, 0.15) is 56.5 Å². The fraction of sp³-hybridized carbons (Fsp3) is 0.611. The molecule has 1 amide bonds. The quantitative estimate of drug-likeness (QED) is 0.781. The first-order chi connectivity index (χ1) is 9.93. The summed E-state index contributed by atoms with van der Waals surface area (Å²) in [4.78, 5) is 14.7. The molecule has 126 valence electrons. The molecule has 0 atom stereocenters. The summed E-state index contributed by atoms with van der Waals surface area (Å²) in [5.41, 5.74) is 7.42. The molecule has 0 fully saturated rings. The zero-order valence-corrected chi connectivity index (χ0v) is 15.2. The second-order valence-corrected chi connectivity index (χ2v) is 6.56. The molecule has 1 aromatic carbocycles. The summed E-state index contributed by atoms with van der Waals surface area (Å²) < 4.78 is 0. The first kappa shape index (κ1) is 20.9. The number of hydrogen-bond acceptors (Lipinski definition) is 2. The molecule has 0 bridgehead atoms. The first-order valence-electron chi connectivity index (χ1n) is 8.02. The van der Waals surface area contributed by atoms with Crippen molar-refractivity contribution < 1.29 is 4.79 Å². The van der Waals surface area contributed by atoms with Crippen molar-refractivity contribution in [1.29, 1.82) is 0 Å². The normalized spacial score (nSPS) is 10.7. The standard InChI is InChI=1S/C18H30N2O.ClH/c1-14(2)9-11-20(12-10-15(3)4)18(21)17-7-5-16(13-19)6-8-17;/h5-8,14-15H,9-13,19H2,1-4H3;1H. The van der Waals surface area contributed by atoms with Crippen molar-refractivity contribution in [3.05, 3.63) is 35.4 Å². The van der Waals surface area contributed by atoms with E-state index in [2.05, 4.69) is 27.7 Å². The van der Waals surface area contributed by atoms with Crippen LogP contribution in [0, 0.1) is 11.8 Å². The van der Waals surface area contributed by atoms with Crippen molar-refractivity contribution in [2.45, 2.75) is 47.1 Å². The van der Waals surface area contributed by atoms with E-state index < -0.39 is 0 Å². The van der Waals surface area contributed by atoms with Gasteiger partial charge in [0.1, 0.15) is 0 Å². The third kappa shape index (κ3) is 7.28. The minimum absolute atomic E-state index is 0. The number of halogens is 1. The average molecular weight is 327 g/mol. The van der Waals surface area contributed by atoms with E-state index in [4.69, 9.17) is 5.73 Å². The van der Waals surface area contributed by atoms with Crippen LogP contribution in [0.3, 0.4) is 0 Å². The number of nitrogens with two attached hydrogens (primary N) is 1. The molecule has 1 aromatic rings. The molecule has 0 aliphatic heterocycles. The highest BCUT2D eigenvalue weighted by Gasteiger charge is 2.16. The lowest BCUT2D eigenvalue weighted by Crippen LogP contribution is -2.34. The van der Waals surface area contributed by atoms with Crippen molar-refractivity contribution in [2.75, 3.05) is 13.1 Å². The van der Waals surface area contributed by atoms with Gasteiger partial charge in [0.05, 0.1) is 0 Å². The molecular weight excluding hydrogens is 296 g/mol. The summed E-state index contributed by atoms with van der Waals surface area (Å²) in [5.74, 6) is 1.36. The zero-order chi connectivity index (χ0) is 15.8. The predicted octanol–water partition coefficient (Wildman–Crippen LogP) is 4.10. The summed E-state index contributed by atoms with van der Waals surface area (Å²) in [6.45, 7) is 11.0. The van der Waals surface area contributed by atoms with Crippen molar-refractivity contribution in [2.24, 2.45) is 17.6 Å². The molecule has 2 N–H and O–H groups in total. The number of nitrogens with zero attached hydrogens (tertiary/aromatic N) is 1. The average Bonchev–Trinajstić information content (AvgIpc) is 2.46. The molecule has 0 radical (unpaired) electrons. The molecule has 0 saturated heterocycles. The number of rotatable bonds is 8. The van der Waals surface area contributed by atoms with Crippen LogP contribution in [0.15, 0.2) is 24.3 Å². The molecule has 0 spiro atoms. The number of amides is 1. The summed E-state index contributed by atoms with van der Waals surface area (Å²) in [7, 11) is 0. The minimum atomic E-state index is 0. The van der Waals surface area contributed by atoms with E-state index in [1.807, 2.05) is 29.2 Å². The second kappa shape index (κ2) is 10.6. The molecule has 0 saturated carbocycles. The lowest BCUT2D eigenvalue weighted by atomic mass is 10.1. The van der Waals surface area contributed by atoms with Crippen LogP contribution in [-0.4, -0.2) is 23.9 Å². The minimum Gasteiger partial charge on any atom is -0.339 e. The zero-order valence-electron chi connectivity index (χ0n) is 14.3. The number of carbonyl (C=O) groups excluding carboxylic acids is 1. The fourth-order valence-electron chi connectivity index (χ4n) is 2.11. The van der Waals surface area contributed by atoms with Crippen molar-refractivity contribution in [3.8, 4) is 0 Å². The maximum Gasteiger partial charge on any atom is 0.253 e. The molecule has 1 rings (SSSR count). The van der Waals surface area contributed by atoms with Gasteiger partial charge in [0, 0.05) is 25.2 Å². The molecule has 0 aromatic heterocycles. The van der Waals surface area contributed by atoms with Gasteiger partial charge in [-0.2, -0.15) is 0 Å². The van der Waals surface area contributed by atoms with E-state index in [0.29, 0.717) is 18.4 Å². The summed E-state index contributed by atoms with van der Waals surface area (Å²) in [5, 5.41) is 0. The highest BCUT2D eigenvalue weighted by Crippen LogP contribution is 2.12. The summed E-state index contributed by atoms with van der Waals surface area (Å²) in [6.07, 6.45) is 2.09. The topological polar surface area (TPSA) is 46.3 Å². The lowest BCUT2D eigenvalue weighted by Gasteiger charge is -2.24. The maximum absolute atomic E-state index is 12.7. The fourth-order valence-corrected chi connectivity index (χ4v) is 2.11. The van der Waals surface area contributed by atoms with Crippen molar-refractivity contribution in [3.63, 3.8) is 0 Å². The molecule has 3 nitrogen and oxygen atoms in total. The lowest BCUT2D eigenvalue weighted by molar-refractivity contribution is 0.0741. The largest absolute Gasteiger partial charge is 0.339 e. The van der Waals surface area contributed by atoms with Crippen LogP contribution in [0.4, 0.5) is 0 Å². The van der Waals surface area contributed by atoms with E-state index in [1.54, 1.807) is 0 Å². The second-order valence-electron chi connectivity index (χ2n) is 6.56. The number of carbonyl (C=O) groups is 1. The van der Waals surface area contributed by atoms with E-state index in [9.17, 15) is 4.79 Å². The summed E-state index contributed by atoms with van der Waals surface area (Å²) in [6, 6.07) is 7.66. The molecule has 0 heterocycles. The first-order valence-corrected chi connectivity index (χ1v) is 8.02. The molecule has 0 unspecified atom stereocenters. The van der Waals surface area contributed by atoms with Gasteiger partial charge in [0.2, 0.25) is 0 Å². The Balaban J connectivity index is 0.00000441. The molecule has 0 aliphatic carbocycles. The summed E-state index contributed by atoms with van der Waals surface area (Å²) >= 11 is 0. The Hall–Kier alpha value is -1.06. The van der Waals surface area contributed by atoms with E-state index in [0.717, 1.165) is 37.1 Å². The van der Waals surface area contributed by atoms with Gasteiger partial charge in [-0.15, -0.1) is 12.4 Å². The Kier molecular flexibility index (Phi) is 10.1. The third-order valence-corrected chi connectivity index (χ3v) is 3.68. The highest BCUT2D eigenvalue weighted by atomic mass is 35.5. The molecule has 22 heavy (non-hydrogen) atoms. The Morgan fingerprint density at radius 2 is 1.45 bits per heavy atom. The van der Waals surface area contributed by atoms with Crippen molar-refractivity contribution >= 4 is 18.3 Å². The Morgan fingerprint density at radius 1 is 1.00 bits per heavy atom. The number of hydrogen-bond donors (Lipinski definition) is 1. The van der Waals surface area contributed by atoms with Gasteiger partial charge in [0.25, 0.3) is 5.91 Å². The van der Waals surface area contributed by atoms with Gasteiger partial charge in [0.15, 0.2) is 0 Å². The predicted molar refractivity (Wildman–Crippen MR) is 96.4 cm³/mol. The van der Waals surface area contributed by atoms with Gasteiger partial charge in [-0.05, 0) is 42.4 Å². The molecule has 4 heteroatoms. The molecular formula is C18H31ClN2O. The van der Waals surface area contributed by atoms with Crippen LogP contribution in [0.5, 0.6) is 0 Å². The van der Waals surface area contributed by atoms with Crippen LogP contribution < -0.4 is 5.73 Å². The smallest absolute Gasteiger partial charge is 0.253 e. The third-order valence-electron chi connectivity index (χ3n) is 3.68. The van der Waals surface area contributed by atoms with Gasteiger partial charge in [-0.1, -0.05) is 39.8 Å². The number of benzene rings is 1. The van der Waals surface area contributed by atoms with Crippen LogP contribution >= 0.6 is 12.4 Å². The van der Waals surface area contributed by atoms with Gasteiger partial charge in [-0.3, -0.25) is 4.79 Å². The van der Waals surface area contributed by atoms with E-state index in [1.165, 1.54) is 0 Å². The Bertz CT molecular complexity index is 417. The Labute approximate surface area is 141 Å². The van der Waals surface area contributed by atoms with E-state index in [-0.39, 0.29) is 18.3 Å². The maximum atomic E-state index is 12.7. The molecule has 0 aliphatic rings. The monoisotopic (exact) mass is 326 g/mol. The Morgan fingerprint density at radius 3 is 1.82 bits per heavy atom. The van der Waals surface area contributed by atoms with Crippen LogP contribution in [0.25, 0.3) is 0 Å². The van der Waals surface area contributed by atoms with Gasteiger partial charge < -0.3 is 10.6 Å².